The molecule has 0 amide bonds. The lowest BCUT2D eigenvalue weighted by molar-refractivity contribution is 0.768. The molecule has 10 aromatic carbocycles. The molecule has 0 atom stereocenters. The topological polar surface area (TPSA) is 3.24 Å². The van der Waals surface area contributed by atoms with Gasteiger partial charge in [-0.05, 0) is 108 Å². The van der Waals surface area contributed by atoms with Crippen LogP contribution in [0.3, 0.4) is 0 Å². The molecule has 1 nitrogen and oxygen atoms in total. The molecule has 58 heavy (non-hydrogen) atoms. The molecule has 0 heterocycles. The molecule has 1 aliphatic rings. The van der Waals surface area contributed by atoms with Gasteiger partial charge in [0.2, 0.25) is 0 Å². The normalized spacial score (nSPS) is 12.6. The Kier molecular flexibility index (Phi) is 8.12. The van der Waals surface area contributed by atoms with E-state index in [4.69, 9.17) is 0 Å². The van der Waals surface area contributed by atoms with E-state index in [0.717, 1.165) is 17.1 Å². The first-order chi connectivity index (χ1) is 28.8. The Labute approximate surface area is 339 Å². The number of rotatable bonds is 7. The fourth-order valence-corrected chi connectivity index (χ4v) is 9.52. The third-order valence-corrected chi connectivity index (χ3v) is 12.1. The van der Waals surface area contributed by atoms with Crippen LogP contribution < -0.4 is 4.90 Å². The first kappa shape index (κ1) is 33.8. The van der Waals surface area contributed by atoms with Gasteiger partial charge in [-0.25, -0.2) is 0 Å². The maximum Gasteiger partial charge on any atom is 0.0714 e. The molecule has 11 rings (SSSR count). The van der Waals surface area contributed by atoms with Crippen LogP contribution in [0.2, 0.25) is 0 Å². The standard InChI is InChI=1S/C57H39N/c1-4-16-41(17-5-1)51-24-13-15-27-56(51)58(47-33-30-40(31-34-47)43-32-36-50-44(38-43)29-28-42-18-10-11-23-49(42)50)48-35-37-53-52-25-12-14-26-54(52)57(55(53)39-48,45-19-6-2-7-20-45)46-21-8-3-9-22-46/h1-39H. The number of para-hydroxylation sites is 1. The summed E-state index contributed by atoms with van der Waals surface area (Å²) in [7, 11) is 0. The quantitative estimate of drug-likeness (QED) is 0.147. The highest BCUT2D eigenvalue weighted by molar-refractivity contribution is 6.08. The third kappa shape index (κ3) is 5.39. The Balaban J connectivity index is 1.11. The minimum absolute atomic E-state index is 0.500. The van der Waals surface area contributed by atoms with Gasteiger partial charge >= 0.3 is 0 Å². The van der Waals surface area contributed by atoms with Gasteiger partial charge in [0.1, 0.15) is 0 Å². The van der Waals surface area contributed by atoms with Crippen molar-refractivity contribution in [3.05, 3.63) is 259 Å². The van der Waals surface area contributed by atoms with Gasteiger partial charge in [0.05, 0.1) is 11.1 Å². The lowest BCUT2D eigenvalue weighted by atomic mass is 9.67. The van der Waals surface area contributed by atoms with Crippen molar-refractivity contribution in [2.45, 2.75) is 5.41 Å². The maximum absolute atomic E-state index is 2.46. The van der Waals surface area contributed by atoms with Crippen molar-refractivity contribution in [2.75, 3.05) is 4.90 Å². The predicted molar refractivity (Wildman–Crippen MR) is 244 cm³/mol. The zero-order valence-electron chi connectivity index (χ0n) is 32.0. The van der Waals surface area contributed by atoms with Crippen molar-refractivity contribution in [3.8, 4) is 33.4 Å². The number of hydrogen-bond acceptors (Lipinski definition) is 1. The molecule has 0 aliphatic heterocycles. The minimum Gasteiger partial charge on any atom is -0.310 e. The van der Waals surface area contributed by atoms with Crippen molar-refractivity contribution >= 4 is 38.6 Å². The smallest absolute Gasteiger partial charge is 0.0714 e. The number of anilines is 3. The van der Waals surface area contributed by atoms with Gasteiger partial charge in [-0.1, -0.05) is 200 Å². The van der Waals surface area contributed by atoms with Gasteiger partial charge in [-0.2, -0.15) is 0 Å². The summed E-state index contributed by atoms with van der Waals surface area (Å²) in [6, 6.07) is 86.8. The first-order valence-corrected chi connectivity index (χ1v) is 20.1. The van der Waals surface area contributed by atoms with E-state index in [1.807, 2.05) is 0 Å². The van der Waals surface area contributed by atoms with Gasteiger partial charge in [-0.3, -0.25) is 0 Å². The molecule has 0 radical (unpaired) electrons. The van der Waals surface area contributed by atoms with E-state index in [9.17, 15) is 0 Å². The van der Waals surface area contributed by atoms with Gasteiger partial charge in [0, 0.05) is 16.9 Å². The zero-order chi connectivity index (χ0) is 38.5. The molecular weight excluding hydrogens is 699 g/mol. The molecule has 0 N–H and O–H groups in total. The van der Waals surface area contributed by atoms with Crippen molar-refractivity contribution in [1.29, 1.82) is 0 Å². The van der Waals surface area contributed by atoms with E-state index in [1.54, 1.807) is 0 Å². The van der Waals surface area contributed by atoms with Crippen LogP contribution in [0.1, 0.15) is 22.3 Å². The average molecular weight is 738 g/mol. The van der Waals surface area contributed by atoms with E-state index >= 15 is 0 Å². The van der Waals surface area contributed by atoms with Crippen molar-refractivity contribution in [2.24, 2.45) is 0 Å². The highest BCUT2D eigenvalue weighted by Crippen LogP contribution is 2.57. The fraction of sp³-hybridized carbons (Fsp3) is 0.0175. The second kappa shape index (κ2) is 13.9. The van der Waals surface area contributed by atoms with Gasteiger partial charge in [0.25, 0.3) is 0 Å². The monoisotopic (exact) mass is 737 g/mol. The van der Waals surface area contributed by atoms with Crippen LogP contribution >= 0.6 is 0 Å². The molecule has 272 valence electrons. The summed E-state index contributed by atoms with van der Waals surface area (Å²) < 4.78 is 0. The minimum atomic E-state index is -0.500. The van der Waals surface area contributed by atoms with Crippen LogP contribution in [0.4, 0.5) is 17.1 Å². The van der Waals surface area contributed by atoms with Crippen LogP contribution in [-0.2, 0) is 5.41 Å². The van der Waals surface area contributed by atoms with Crippen LogP contribution in [0.25, 0.3) is 54.9 Å². The van der Waals surface area contributed by atoms with Gasteiger partial charge in [0.15, 0.2) is 0 Å². The molecule has 10 aromatic rings. The summed E-state index contributed by atoms with van der Waals surface area (Å²) in [4.78, 5) is 2.45. The maximum atomic E-state index is 2.46. The largest absolute Gasteiger partial charge is 0.310 e. The van der Waals surface area contributed by atoms with Crippen LogP contribution in [-0.4, -0.2) is 0 Å². The van der Waals surface area contributed by atoms with E-state index in [1.165, 1.54) is 77.2 Å². The molecule has 0 saturated carbocycles. The van der Waals surface area contributed by atoms with Crippen molar-refractivity contribution < 1.29 is 0 Å². The fourth-order valence-electron chi connectivity index (χ4n) is 9.52. The molecule has 0 bridgehead atoms. The Morgan fingerprint density at radius 2 is 0.845 bits per heavy atom. The highest BCUT2D eigenvalue weighted by Gasteiger charge is 2.46. The zero-order valence-corrected chi connectivity index (χ0v) is 32.0. The van der Waals surface area contributed by atoms with E-state index < -0.39 is 5.41 Å². The Bertz CT molecular complexity index is 3050. The molecular formula is C57H39N. The second-order valence-corrected chi connectivity index (χ2v) is 15.2. The van der Waals surface area contributed by atoms with Crippen LogP contribution in [0.5, 0.6) is 0 Å². The lowest BCUT2D eigenvalue weighted by Crippen LogP contribution is -2.28. The van der Waals surface area contributed by atoms with E-state index in [2.05, 4.69) is 241 Å². The highest BCUT2D eigenvalue weighted by atomic mass is 15.1. The number of benzene rings is 10. The SMILES string of the molecule is c1ccc(-c2ccccc2N(c2ccc(-c3ccc4c(ccc5ccccc54)c3)cc2)c2ccc3c(c2)C(c2ccccc2)(c2ccccc2)c2ccccc2-3)cc1. The molecule has 1 aliphatic carbocycles. The van der Waals surface area contributed by atoms with Crippen LogP contribution in [0, 0.1) is 0 Å². The van der Waals surface area contributed by atoms with Crippen molar-refractivity contribution in [1.82, 2.24) is 0 Å². The average Bonchev–Trinajstić information content (AvgIpc) is 3.60. The number of fused-ring (bicyclic) bond motifs is 6. The molecule has 0 unspecified atom stereocenters. The van der Waals surface area contributed by atoms with E-state index in [-0.39, 0.29) is 0 Å². The Morgan fingerprint density at radius 3 is 1.60 bits per heavy atom. The summed E-state index contributed by atoms with van der Waals surface area (Å²) in [5.74, 6) is 0. The first-order valence-electron chi connectivity index (χ1n) is 20.1. The summed E-state index contributed by atoms with van der Waals surface area (Å²) in [6.45, 7) is 0. The number of hydrogen-bond donors (Lipinski definition) is 0. The summed E-state index contributed by atoms with van der Waals surface area (Å²) >= 11 is 0. The predicted octanol–water partition coefficient (Wildman–Crippen LogP) is 15.2. The molecule has 1 heteroatoms. The Morgan fingerprint density at radius 1 is 0.293 bits per heavy atom. The summed E-state index contributed by atoms with van der Waals surface area (Å²) in [5, 5.41) is 5.08. The van der Waals surface area contributed by atoms with Gasteiger partial charge in [-0.15, -0.1) is 0 Å². The summed E-state index contributed by atoms with van der Waals surface area (Å²) in [6.07, 6.45) is 0. The summed E-state index contributed by atoms with van der Waals surface area (Å²) in [5.41, 5.74) is 15.2. The second-order valence-electron chi connectivity index (χ2n) is 15.2. The molecule has 0 spiro atoms. The molecule has 0 aromatic heterocycles. The molecule has 0 saturated heterocycles. The molecule has 0 fully saturated rings. The van der Waals surface area contributed by atoms with Crippen molar-refractivity contribution in [3.63, 3.8) is 0 Å². The lowest BCUT2D eigenvalue weighted by Gasteiger charge is -2.35. The van der Waals surface area contributed by atoms with Crippen LogP contribution in [0.15, 0.2) is 237 Å². The van der Waals surface area contributed by atoms with Gasteiger partial charge < -0.3 is 4.90 Å². The Hall–Kier alpha value is -7.48. The third-order valence-electron chi connectivity index (χ3n) is 12.1. The number of nitrogens with zero attached hydrogens (tertiary/aromatic N) is 1. The van der Waals surface area contributed by atoms with E-state index in [0.29, 0.717) is 0 Å².